The topological polar surface area (TPSA) is 119 Å². The maximum absolute atomic E-state index is 12.8. The van der Waals surface area contributed by atoms with Crippen molar-refractivity contribution in [1.29, 1.82) is 5.41 Å². The fourth-order valence-corrected chi connectivity index (χ4v) is 3.15. The number of nitrogen functional groups attached to an aromatic ring is 1. The Morgan fingerprint density at radius 2 is 1.91 bits per heavy atom. The number of nitrogens with two attached hydrogens (primary N) is 2. The van der Waals surface area contributed by atoms with Crippen LogP contribution in [-0.4, -0.2) is 38.4 Å². The fourth-order valence-electron chi connectivity index (χ4n) is 2.35. The third-order valence-corrected chi connectivity index (χ3v) is 4.87. The Morgan fingerprint density at radius 3 is 2.47 bits per heavy atom. The van der Waals surface area contributed by atoms with Crippen molar-refractivity contribution in [2.24, 2.45) is 12.8 Å². The molecule has 32 heavy (non-hydrogen) atoms. The summed E-state index contributed by atoms with van der Waals surface area (Å²) in [4.78, 5) is 8.95. The molecule has 0 saturated carbocycles. The molecule has 7 nitrogen and oxygen atoms in total. The molecule has 0 radical (unpaired) electrons. The summed E-state index contributed by atoms with van der Waals surface area (Å²) in [7, 11) is 1.50. The number of hydrogen-bond donors (Lipinski definition) is 4. The summed E-state index contributed by atoms with van der Waals surface area (Å²) in [5.74, 6) is 0.721. The van der Waals surface area contributed by atoms with Gasteiger partial charge in [0.05, 0.1) is 11.9 Å². The van der Waals surface area contributed by atoms with Crippen LogP contribution in [-0.2, 0) is 7.05 Å². The maximum atomic E-state index is 12.8. The first-order valence-electron chi connectivity index (χ1n) is 8.84. The van der Waals surface area contributed by atoms with Crippen LogP contribution in [0.1, 0.15) is 12.6 Å². The minimum Gasteiger partial charge on any atom is -0.395 e. The van der Waals surface area contributed by atoms with Crippen LogP contribution in [0.25, 0.3) is 17.6 Å². The van der Waals surface area contributed by atoms with Gasteiger partial charge < -0.3 is 21.4 Å². The van der Waals surface area contributed by atoms with E-state index in [1.165, 1.54) is 29.6 Å². The Kier molecular flexibility index (Phi) is 7.49. The van der Waals surface area contributed by atoms with Crippen molar-refractivity contribution in [2.75, 3.05) is 16.8 Å². The molecular formula is C18H19F6N7S. The van der Waals surface area contributed by atoms with Crippen LogP contribution < -0.4 is 16.8 Å². The Morgan fingerprint density at radius 1 is 1.25 bits per heavy atom. The van der Waals surface area contributed by atoms with Gasteiger partial charge in [0.1, 0.15) is 28.6 Å². The van der Waals surface area contributed by atoms with E-state index < -0.39 is 23.8 Å². The van der Waals surface area contributed by atoms with Crippen molar-refractivity contribution in [1.82, 2.24) is 14.5 Å². The van der Waals surface area contributed by atoms with Gasteiger partial charge in [0, 0.05) is 18.1 Å². The number of allylic oxidation sites excluding steroid dienone is 2. The zero-order chi connectivity index (χ0) is 24.3. The number of alkyl halides is 6. The van der Waals surface area contributed by atoms with E-state index in [0.717, 1.165) is 6.20 Å². The van der Waals surface area contributed by atoms with E-state index in [2.05, 4.69) is 15.3 Å². The van der Waals surface area contributed by atoms with Gasteiger partial charge in [-0.15, -0.1) is 11.8 Å². The second-order valence-corrected chi connectivity index (χ2v) is 7.56. The zero-order valence-electron chi connectivity index (χ0n) is 16.8. The van der Waals surface area contributed by atoms with Gasteiger partial charge in [-0.3, -0.25) is 5.41 Å². The summed E-state index contributed by atoms with van der Waals surface area (Å²) in [5, 5.41) is 9.51. The molecule has 0 aliphatic carbocycles. The van der Waals surface area contributed by atoms with Gasteiger partial charge in [0.25, 0.3) is 0 Å². The molecule has 2 aromatic heterocycles. The molecule has 0 atom stereocenters. The van der Waals surface area contributed by atoms with E-state index in [9.17, 15) is 26.3 Å². The number of hydrogen-bond acceptors (Lipinski definition) is 7. The minimum atomic E-state index is -4.76. The van der Waals surface area contributed by atoms with E-state index in [1.807, 2.05) is 6.92 Å². The van der Waals surface area contributed by atoms with Gasteiger partial charge >= 0.3 is 12.4 Å². The number of imidazole rings is 1. The van der Waals surface area contributed by atoms with Crippen LogP contribution in [0.3, 0.4) is 0 Å². The standard InChI is InChI=1S/C18H19F6N7S/c1-3-32-11-6-9(28-5-4-12(25)17(19,20)21)8-29-14(11)16-30-10(15(27)31(16)2)7-13(26)18(22,23)24/h4-8,25,28H,3,26-27H2,1-2H3/b5-4-,13-7-,25-12?. The first-order valence-corrected chi connectivity index (χ1v) is 9.82. The molecule has 6 N–H and O–H groups in total. The number of pyridine rings is 1. The molecule has 0 bridgehead atoms. The number of thioether (sulfide) groups is 1. The predicted molar refractivity (Wildman–Crippen MR) is 112 cm³/mol. The van der Waals surface area contributed by atoms with E-state index in [1.54, 1.807) is 6.07 Å². The Labute approximate surface area is 183 Å². The van der Waals surface area contributed by atoms with Gasteiger partial charge in [-0.2, -0.15) is 26.3 Å². The van der Waals surface area contributed by atoms with E-state index in [4.69, 9.17) is 16.9 Å². The average molecular weight is 479 g/mol. The smallest absolute Gasteiger partial charge is 0.395 e. The highest BCUT2D eigenvalue weighted by atomic mass is 32.2. The molecule has 174 valence electrons. The lowest BCUT2D eigenvalue weighted by atomic mass is 10.3. The maximum Gasteiger partial charge on any atom is 0.432 e. The predicted octanol–water partition coefficient (Wildman–Crippen LogP) is 4.55. The van der Waals surface area contributed by atoms with Crippen molar-refractivity contribution < 1.29 is 26.3 Å². The van der Waals surface area contributed by atoms with Gasteiger partial charge in [0.15, 0.2) is 5.82 Å². The van der Waals surface area contributed by atoms with E-state index in [-0.39, 0.29) is 17.3 Å². The van der Waals surface area contributed by atoms with Crippen molar-refractivity contribution in [3.05, 3.63) is 35.9 Å². The second-order valence-electron chi connectivity index (χ2n) is 6.26. The second kappa shape index (κ2) is 9.54. The van der Waals surface area contributed by atoms with Crippen LogP contribution in [0.15, 0.2) is 35.1 Å². The molecule has 0 amide bonds. The molecule has 0 unspecified atom stereocenters. The zero-order valence-corrected chi connectivity index (χ0v) is 17.6. The van der Waals surface area contributed by atoms with Gasteiger partial charge in [-0.1, -0.05) is 6.92 Å². The molecule has 0 aromatic carbocycles. The lowest BCUT2D eigenvalue weighted by molar-refractivity contribution is -0.0917. The molecule has 14 heteroatoms. The lowest BCUT2D eigenvalue weighted by Crippen LogP contribution is -2.19. The van der Waals surface area contributed by atoms with E-state index in [0.29, 0.717) is 34.2 Å². The van der Waals surface area contributed by atoms with Crippen molar-refractivity contribution in [3.8, 4) is 11.5 Å². The van der Waals surface area contributed by atoms with Crippen LogP contribution in [0, 0.1) is 5.41 Å². The monoisotopic (exact) mass is 479 g/mol. The van der Waals surface area contributed by atoms with Gasteiger partial charge in [-0.25, -0.2) is 9.97 Å². The third kappa shape index (κ3) is 5.96. The van der Waals surface area contributed by atoms with Crippen molar-refractivity contribution >= 4 is 35.1 Å². The van der Waals surface area contributed by atoms with Crippen LogP contribution in [0.2, 0.25) is 0 Å². The average Bonchev–Trinajstić information content (AvgIpc) is 2.95. The summed E-state index contributed by atoms with van der Waals surface area (Å²) in [6.45, 7) is 1.85. The molecular weight excluding hydrogens is 460 g/mol. The molecule has 2 aromatic rings. The van der Waals surface area contributed by atoms with Crippen molar-refractivity contribution in [2.45, 2.75) is 24.2 Å². The summed E-state index contributed by atoms with van der Waals surface area (Å²) in [6, 6.07) is 1.59. The summed E-state index contributed by atoms with van der Waals surface area (Å²) in [5.41, 5.74) is 8.51. The first kappa shape index (κ1) is 25.1. The third-order valence-electron chi connectivity index (χ3n) is 3.96. The number of anilines is 2. The quantitative estimate of drug-likeness (QED) is 0.263. The number of rotatable bonds is 7. The number of nitrogens with one attached hydrogen (secondary N) is 2. The SMILES string of the molecule is CCSc1cc(N/C=C\C(=N)C(F)(F)F)cnc1-c1nc(/C=C(\N)C(F)(F)F)c(N)n1C. The largest absolute Gasteiger partial charge is 0.432 e. The molecule has 0 aliphatic rings. The minimum absolute atomic E-state index is 0.0581. The highest BCUT2D eigenvalue weighted by molar-refractivity contribution is 7.99. The van der Waals surface area contributed by atoms with Gasteiger partial charge in [0.2, 0.25) is 0 Å². The number of halogens is 6. The van der Waals surface area contributed by atoms with Crippen LogP contribution in [0.5, 0.6) is 0 Å². The molecule has 2 rings (SSSR count). The molecule has 0 aliphatic heterocycles. The lowest BCUT2D eigenvalue weighted by Gasteiger charge is -2.10. The van der Waals surface area contributed by atoms with E-state index >= 15 is 0 Å². The molecule has 0 spiro atoms. The summed E-state index contributed by atoms with van der Waals surface area (Å²) >= 11 is 1.33. The number of aromatic nitrogens is 3. The van der Waals surface area contributed by atoms with Crippen LogP contribution >= 0.6 is 11.8 Å². The molecule has 2 heterocycles. The Balaban J connectivity index is 2.41. The highest BCUT2D eigenvalue weighted by Crippen LogP contribution is 2.33. The van der Waals surface area contributed by atoms with Crippen molar-refractivity contribution in [3.63, 3.8) is 0 Å². The molecule has 0 saturated heterocycles. The Bertz CT molecular complexity index is 1050. The molecule has 0 fully saturated rings. The first-order chi connectivity index (χ1) is 14.8. The van der Waals surface area contributed by atoms with Gasteiger partial charge in [-0.05, 0) is 24.0 Å². The normalized spacial score (nSPS) is 13.1. The highest BCUT2D eigenvalue weighted by Gasteiger charge is 2.33. The fraction of sp³-hybridized carbons (Fsp3) is 0.278. The number of nitrogens with zero attached hydrogens (tertiary/aromatic N) is 3. The summed E-state index contributed by atoms with van der Waals surface area (Å²) < 4.78 is 76.8. The van der Waals surface area contributed by atoms with Crippen LogP contribution in [0.4, 0.5) is 37.8 Å². The Hall–Kier alpha value is -3.16. The summed E-state index contributed by atoms with van der Waals surface area (Å²) in [6.07, 6.45) is -6.06.